The van der Waals surface area contributed by atoms with E-state index >= 15 is 0 Å². The Labute approximate surface area is 118 Å². The van der Waals surface area contributed by atoms with Gasteiger partial charge in [-0.1, -0.05) is 6.07 Å². The molecule has 0 spiro atoms. The first-order chi connectivity index (χ1) is 9.92. The summed E-state index contributed by atoms with van der Waals surface area (Å²) in [7, 11) is 0. The van der Waals surface area contributed by atoms with Gasteiger partial charge in [0.05, 0.1) is 11.5 Å². The Hall–Kier alpha value is -2.94. The highest BCUT2D eigenvalue weighted by atomic mass is 16.6. The molecule has 1 aromatic heterocycles. The minimum Gasteiger partial charge on any atom is -0.318 e. The first kappa shape index (κ1) is 14.5. The summed E-state index contributed by atoms with van der Waals surface area (Å²) in [6.07, 6.45) is 1.43. The summed E-state index contributed by atoms with van der Waals surface area (Å²) in [6.45, 7) is 1.74. The van der Waals surface area contributed by atoms with Crippen molar-refractivity contribution in [2.24, 2.45) is 5.84 Å². The third-order valence-corrected chi connectivity index (χ3v) is 2.96. The van der Waals surface area contributed by atoms with Gasteiger partial charge in [0.2, 0.25) is 0 Å². The maximum Gasteiger partial charge on any atom is 0.328 e. The van der Waals surface area contributed by atoms with Crippen molar-refractivity contribution in [2.45, 2.75) is 13.5 Å². The molecule has 0 amide bonds. The first-order valence-corrected chi connectivity index (χ1v) is 5.96. The summed E-state index contributed by atoms with van der Waals surface area (Å²) in [4.78, 5) is 35.4. The Balaban J connectivity index is 2.41. The molecule has 0 bridgehead atoms. The van der Waals surface area contributed by atoms with Gasteiger partial charge in [-0.2, -0.15) is 0 Å². The number of nitrogens with zero attached hydrogens (tertiary/aromatic N) is 2. The number of hydrogen-bond donors (Lipinski definition) is 3. The SMILES string of the molecule is Cc1cn(Cc2ccc([N+](=O)[O-])c(NN)c2)c(=O)[nH]c1=O. The van der Waals surface area contributed by atoms with Crippen LogP contribution in [-0.4, -0.2) is 14.5 Å². The minimum absolute atomic E-state index is 0.145. The number of nitrogens with one attached hydrogen (secondary N) is 2. The van der Waals surface area contributed by atoms with Crippen LogP contribution in [0.15, 0.2) is 34.0 Å². The van der Waals surface area contributed by atoms with Crippen molar-refractivity contribution in [3.8, 4) is 0 Å². The second-order valence-corrected chi connectivity index (χ2v) is 4.45. The number of nitro groups is 1. The van der Waals surface area contributed by atoms with Gasteiger partial charge in [-0.3, -0.25) is 30.3 Å². The van der Waals surface area contributed by atoms with Gasteiger partial charge in [-0.25, -0.2) is 4.79 Å². The third kappa shape index (κ3) is 2.98. The van der Waals surface area contributed by atoms with Crippen molar-refractivity contribution in [2.75, 3.05) is 5.43 Å². The van der Waals surface area contributed by atoms with Crippen molar-refractivity contribution < 1.29 is 4.92 Å². The highest BCUT2D eigenvalue weighted by molar-refractivity contribution is 5.62. The van der Waals surface area contributed by atoms with E-state index in [-0.39, 0.29) is 17.9 Å². The van der Waals surface area contributed by atoms with Gasteiger partial charge in [0.25, 0.3) is 11.2 Å². The molecule has 2 aromatic rings. The predicted octanol–water partition coefficient (Wildman–Crippen LogP) is 0.0871. The van der Waals surface area contributed by atoms with Crippen LogP contribution < -0.4 is 22.5 Å². The van der Waals surface area contributed by atoms with E-state index in [1.807, 2.05) is 0 Å². The summed E-state index contributed by atoms with van der Waals surface area (Å²) in [5.74, 6) is 5.25. The number of aryl methyl sites for hydroxylation is 1. The number of nitro benzene ring substituents is 1. The lowest BCUT2D eigenvalue weighted by molar-refractivity contribution is -0.384. The highest BCUT2D eigenvalue weighted by Gasteiger charge is 2.13. The number of anilines is 1. The van der Waals surface area contributed by atoms with E-state index < -0.39 is 16.2 Å². The van der Waals surface area contributed by atoms with E-state index in [1.54, 1.807) is 6.92 Å². The number of aromatic amines is 1. The van der Waals surface area contributed by atoms with E-state index in [1.165, 1.54) is 29.0 Å². The van der Waals surface area contributed by atoms with Crippen LogP contribution in [0.2, 0.25) is 0 Å². The van der Waals surface area contributed by atoms with Crippen LogP contribution in [0.1, 0.15) is 11.1 Å². The number of aromatic nitrogens is 2. The molecule has 0 unspecified atom stereocenters. The van der Waals surface area contributed by atoms with Gasteiger partial charge < -0.3 is 5.43 Å². The lowest BCUT2D eigenvalue weighted by Crippen LogP contribution is -2.31. The molecular formula is C12H13N5O4. The zero-order valence-corrected chi connectivity index (χ0v) is 11.1. The Kier molecular flexibility index (Phi) is 3.85. The maximum atomic E-state index is 11.7. The molecule has 9 nitrogen and oxygen atoms in total. The summed E-state index contributed by atoms with van der Waals surface area (Å²) in [5.41, 5.74) is 2.27. The molecule has 9 heteroatoms. The normalized spacial score (nSPS) is 10.4. The van der Waals surface area contributed by atoms with Crippen molar-refractivity contribution in [1.29, 1.82) is 0 Å². The van der Waals surface area contributed by atoms with Crippen molar-refractivity contribution in [1.82, 2.24) is 9.55 Å². The molecule has 0 radical (unpaired) electrons. The molecule has 2 rings (SSSR count). The number of H-pyrrole nitrogens is 1. The van der Waals surface area contributed by atoms with E-state index in [4.69, 9.17) is 5.84 Å². The van der Waals surface area contributed by atoms with Crippen molar-refractivity contribution >= 4 is 11.4 Å². The summed E-state index contributed by atoms with van der Waals surface area (Å²) in [6, 6.07) is 4.30. The Morgan fingerprint density at radius 2 is 2.14 bits per heavy atom. The molecule has 110 valence electrons. The summed E-state index contributed by atoms with van der Waals surface area (Å²) >= 11 is 0. The van der Waals surface area contributed by atoms with Gasteiger partial charge in [0.15, 0.2) is 0 Å². The second-order valence-electron chi connectivity index (χ2n) is 4.45. The first-order valence-electron chi connectivity index (χ1n) is 5.96. The molecular weight excluding hydrogens is 278 g/mol. The molecule has 0 saturated carbocycles. The number of benzene rings is 1. The molecule has 4 N–H and O–H groups in total. The number of nitrogens with two attached hydrogens (primary N) is 1. The van der Waals surface area contributed by atoms with E-state index in [2.05, 4.69) is 10.4 Å². The lowest BCUT2D eigenvalue weighted by Gasteiger charge is -2.08. The van der Waals surface area contributed by atoms with Gasteiger partial charge >= 0.3 is 5.69 Å². The van der Waals surface area contributed by atoms with E-state index in [0.717, 1.165) is 0 Å². The fraction of sp³-hybridized carbons (Fsp3) is 0.167. The summed E-state index contributed by atoms with van der Waals surface area (Å²) < 4.78 is 1.30. The summed E-state index contributed by atoms with van der Waals surface area (Å²) in [5, 5.41) is 10.8. The molecule has 0 aliphatic heterocycles. The van der Waals surface area contributed by atoms with Gasteiger partial charge in [-0.05, 0) is 18.6 Å². The second kappa shape index (κ2) is 5.59. The molecule has 0 saturated heterocycles. The van der Waals surface area contributed by atoms with Crippen LogP contribution >= 0.6 is 0 Å². The highest BCUT2D eigenvalue weighted by Crippen LogP contribution is 2.24. The van der Waals surface area contributed by atoms with Crippen LogP contribution in [-0.2, 0) is 6.54 Å². The number of rotatable bonds is 4. The molecule has 1 heterocycles. The zero-order valence-electron chi connectivity index (χ0n) is 11.1. The van der Waals surface area contributed by atoms with E-state index in [0.29, 0.717) is 11.1 Å². The quantitative estimate of drug-likeness (QED) is 0.415. The minimum atomic E-state index is -0.560. The third-order valence-electron chi connectivity index (χ3n) is 2.96. The monoisotopic (exact) mass is 291 g/mol. The van der Waals surface area contributed by atoms with Crippen LogP contribution in [0, 0.1) is 17.0 Å². The molecule has 21 heavy (non-hydrogen) atoms. The van der Waals surface area contributed by atoms with Gasteiger partial charge in [-0.15, -0.1) is 0 Å². The average Bonchev–Trinajstić information content (AvgIpc) is 2.44. The standard InChI is InChI=1S/C12H13N5O4/c1-7-5-16(12(19)14-11(7)18)6-8-2-3-10(17(20)21)9(4-8)15-13/h2-5,15H,6,13H2,1H3,(H,14,18,19). The average molecular weight is 291 g/mol. The fourth-order valence-corrected chi connectivity index (χ4v) is 1.89. The van der Waals surface area contributed by atoms with Crippen LogP contribution in [0.3, 0.4) is 0 Å². The van der Waals surface area contributed by atoms with Crippen LogP contribution in [0.4, 0.5) is 11.4 Å². The molecule has 0 aliphatic rings. The van der Waals surface area contributed by atoms with Crippen LogP contribution in [0.5, 0.6) is 0 Å². The van der Waals surface area contributed by atoms with Crippen molar-refractivity contribution in [3.05, 3.63) is 66.5 Å². The smallest absolute Gasteiger partial charge is 0.318 e. The molecule has 0 fully saturated rings. The largest absolute Gasteiger partial charge is 0.328 e. The Morgan fingerprint density at radius 3 is 2.76 bits per heavy atom. The van der Waals surface area contributed by atoms with Crippen LogP contribution in [0.25, 0.3) is 0 Å². The predicted molar refractivity (Wildman–Crippen MR) is 76.1 cm³/mol. The lowest BCUT2D eigenvalue weighted by atomic mass is 10.1. The van der Waals surface area contributed by atoms with Gasteiger partial charge in [0.1, 0.15) is 5.69 Å². The Morgan fingerprint density at radius 1 is 1.43 bits per heavy atom. The fourth-order valence-electron chi connectivity index (χ4n) is 1.89. The zero-order chi connectivity index (χ0) is 15.6. The molecule has 1 aromatic carbocycles. The maximum absolute atomic E-state index is 11.7. The Bertz CT molecular complexity index is 808. The topological polar surface area (TPSA) is 136 Å². The molecule has 0 atom stereocenters. The number of hydrazine groups is 1. The van der Waals surface area contributed by atoms with Gasteiger partial charge in [0, 0.05) is 17.8 Å². The number of nitrogen functional groups attached to an aromatic ring is 1. The molecule has 0 aliphatic carbocycles. The van der Waals surface area contributed by atoms with E-state index in [9.17, 15) is 19.7 Å². The number of hydrogen-bond acceptors (Lipinski definition) is 6. The van der Waals surface area contributed by atoms with Crippen molar-refractivity contribution in [3.63, 3.8) is 0 Å².